The van der Waals surface area contributed by atoms with Gasteiger partial charge >= 0.3 is 6.09 Å². The molecule has 1 amide bonds. The molecule has 2 unspecified atom stereocenters. The second-order valence-corrected chi connectivity index (χ2v) is 6.05. The maximum absolute atomic E-state index is 12.1. The van der Waals surface area contributed by atoms with E-state index in [1.807, 2.05) is 42.5 Å². The van der Waals surface area contributed by atoms with Crippen molar-refractivity contribution in [2.45, 2.75) is 19.4 Å². The van der Waals surface area contributed by atoms with Gasteiger partial charge in [0.15, 0.2) is 0 Å². The van der Waals surface area contributed by atoms with Crippen molar-refractivity contribution in [2.24, 2.45) is 0 Å². The first-order valence-corrected chi connectivity index (χ1v) is 8.16. The molecule has 1 aliphatic heterocycles. The summed E-state index contributed by atoms with van der Waals surface area (Å²) in [6.45, 7) is 4.11. The fraction of sp³-hybridized carbons (Fsp3) is 0.316. The molecule has 3 rings (SSSR count). The van der Waals surface area contributed by atoms with Crippen molar-refractivity contribution in [1.29, 1.82) is 0 Å². The van der Waals surface area contributed by atoms with Crippen LogP contribution >= 0.6 is 0 Å². The Morgan fingerprint density at radius 2 is 1.78 bits per heavy atom. The molecule has 0 radical (unpaired) electrons. The first kappa shape index (κ1) is 15.7. The minimum absolute atomic E-state index is 0.0264. The second kappa shape index (κ2) is 6.52. The fourth-order valence-corrected chi connectivity index (χ4v) is 3.57. The van der Waals surface area contributed by atoms with Crippen LogP contribution in [0.3, 0.4) is 0 Å². The van der Waals surface area contributed by atoms with Crippen LogP contribution in [0.25, 0.3) is 11.1 Å². The zero-order chi connectivity index (χ0) is 16.3. The van der Waals surface area contributed by atoms with Crippen LogP contribution in [-0.4, -0.2) is 36.9 Å². The predicted molar refractivity (Wildman–Crippen MR) is 93.5 cm³/mol. The van der Waals surface area contributed by atoms with E-state index in [0.29, 0.717) is 6.54 Å². The van der Waals surface area contributed by atoms with E-state index in [1.54, 1.807) is 0 Å². The minimum Gasteiger partial charge on any atom is -0.435 e. The topological polar surface area (TPSA) is 49.3 Å². The van der Waals surface area contributed by atoms with Gasteiger partial charge in [0, 0.05) is 25.2 Å². The summed E-state index contributed by atoms with van der Waals surface area (Å²) in [6.07, 6.45) is 0.0746. The Labute approximate surface area is 137 Å². The normalized spacial score (nSPS) is 24.3. The molecule has 1 saturated heterocycles. The summed E-state index contributed by atoms with van der Waals surface area (Å²) in [6, 6.07) is 18.2. The van der Waals surface area contributed by atoms with E-state index in [4.69, 9.17) is 0 Å². The molecule has 2 aromatic rings. The molecule has 0 bridgehead atoms. The predicted octanol–water partition coefficient (Wildman–Crippen LogP) is 3.72. The quantitative estimate of drug-likeness (QED) is 0.849. The summed E-state index contributed by atoms with van der Waals surface area (Å²) in [5.74, 6) is 0. The molecule has 4 nitrogen and oxygen atoms in total. The highest BCUT2D eigenvalue weighted by Crippen LogP contribution is 2.32. The molecule has 4 heteroatoms. The number of amides is 1. The Bertz CT molecular complexity index is 670. The van der Waals surface area contributed by atoms with Crippen molar-refractivity contribution in [3.8, 4) is 11.1 Å². The number of carbonyl (C=O) groups is 1. The maximum atomic E-state index is 12.1. The van der Waals surface area contributed by atoms with E-state index in [-0.39, 0.29) is 10.5 Å². The molecule has 2 atom stereocenters. The molecular formula is C19H23N2O2+. The van der Waals surface area contributed by atoms with Crippen molar-refractivity contribution < 1.29 is 9.90 Å². The van der Waals surface area contributed by atoms with Crippen LogP contribution in [0.4, 0.5) is 10.5 Å². The van der Waals surface area contributed by atoms with Gasteiger partial charge < -0.3 is 10.4 Å². The molecular weight excluding hydrogens is 288 g/mol. The molecule has 2 N–H and O–H groups in total. The van der Waals surface area contributed by atoms with E-state index in [9.17, 15) is 9.90 Å². The van der Waals surface area contributed by atoms with Gasteiger partial charge in [-0.25, -0.2) is 0 Å². The van der Waals surface area contributed by atoms with Gasteiger partial charge in [-0.15, -0.1) is 0 Å². The molecule has 1 heterocycles. The van der Waals surface area contributed by atoms with Crippen molar-refractivity contribution in [3.05, 3.63) is 54.6 Å². The SMILES string of the molecule is CCC1CNCC[N+]1(C(=O)O)c1ccc(-c2ccccc2)cc1. The summed E-state index contributed by atoms with van der Waals surface area (Å²) in [4.78, 5) is 12.1. The van der Waals surface area contributed by atoms with Gasteiger partial charge in [-0.05, 0) is 29.7 Å². The zero-order valence-electron chi connectivity index (χ0n) is 13.4. The first-order valence-electron chi connectivity index (χ1n) is 8.16. The Kier molecular flexibility index (Phi) is 4.46. The van der Waals surface area contributed by atoms with Crippen LogP contribution in [0.2, 0.25) is 0 Å². The van der Waals surface area contributed by atoms with Gasteiger partial charge in [-0.2, -0.15) is 9.28 Å². The van der Waals surface area contributed by atoms with Gasteiger partial charge in [-0.3, -0.25) is 0 Å². The van der Waals surface area contributed by atoms with Crippen molar-refractivity contribution in [2.75, 3.05) is 19.6 Å². The van der Waals surface area contributed by atoms with Crippen LogP contribution in [0.5, 0.6) is 0 Å². The van der Waals surface area contributed by atoms with Gasteiger partial charge in [0.1, 0.15) is 18.3 Å². The Morgan fingerprint density at radius 3 is 2.39 bits per heavy atom. The van der Waals surface area contributed by atoms with Crippen molar-refractivity contribution in [1.82, 2.24) is 9.80 Å². The summed E-state index contributed by atoms with van der Waals surface area (Å²) in [5, 5.41) is 13.3. The highest BCUT2D eigenvalue weighted by molar-refractivity contribution is 5.82. The maximum Gasteiger partial charge on any atom is 0.519 e. The summed E-state index contributed by atoms with van der Waals surface area (Å²) < 4.78 is 0.0264. The van der Waals surface area contributed by atoms with Gasteiger partial charge in [0.05, 0.1) is 0 Å². The van der Waals surface area contributed by atoms with Crippen molar-refractivity contribution >= 4 is 11.8 Å². The lowest BCUT2D eigenvalue weighted by Crippen LogP contribution is -2.68. The highest BCUT2D eigenvalue weighted by atomic mass is 16.4. The van der Waals surface area contributed by atoms with Crippen molar-refractivity contribution in [3.63, 3.8) is 0 Å². The molecule has 1 aliphatic rings. The monoisotopic (exact) mass is 311 g/mol. The number of hydrogen-bond acceptors (Lipinski definition) is 2. The van der Waals surface area contributed by atoms with Crippen LogP contribution in [0.15, 0.2) is 54.6 Å². The average Bonchev–Trinajstić information content (AvgIpc) is 2.62. The molecule has 23 heavy (non-hydrogen) atoms. The third-order valence-electron chi connectivity index (χ3n) is 4.89. The first-order chi connectivity index (χ1) is 11.2. The number of benzene rings is 2. The third kappa shape index (κ3) is 2.76. The van der Waals surface area contributed by atoms with E-state index < -0.39 is 6.09 Å². The lowest BCUT2D eigenvalue weighted by molar-refractivity contribution is 0.113. The molecule has 0 aliphatic carbocycles. The number of carboxylic acid groups (broad SMARTS) is 1. The molecule has 2 aromatic carbocycles. The van der Waals surface area contributed by atoms with Gasteiger partial charge in [0.25, 0.3) is 0 Å². The number of piperazine rings is 1. The van der Waals surface area contributed by atoms with Crippen LogP contribution in [0, 0.1) is 0 Å². The Hall–Kier alpha value is -2.17. The average molecular weight is 311 g/mol. The minimum atomic E-state index is -0.759. The van der Waals surface area contributed by atoms with E-state index in [1.165, 1.54) is 0 Å². The van der Waals surface area contributed by atoms with Gasteiger partial charge in [0.2, 0.25) is 0 Å². The van der Waals surface area contributed by atoms with Crippen LogP contribution < -0.4 is 9.80 Å². The largest absolute Gasteiger partial charge is 0.519 e. The number of quaternary nitrogens is 1. The molecule has 0 saturated carbocycles. The Balaban J connectivity index is 1.99. The fourth-order valence-electron chi connectivity index (χ4n) is 3.57. The van der Waals surface area contributed by atoms with E-state index in [2.05, 4.69) is 24.4 Å². The summed E-state index contributed by atoms with van der Waals surface area (Å²) in [7, 11) is 0. The lowest BCUT2D eigenvalue weighted by Gasteiger charge is -2.42. The van der Waals surface area contributed by atoms with E-state index >= 15 is 0 Å². The lowest BCUT2D eigenvalue weighted by atomic mass is 10.0. The molecule has 1 fully saturated rings. The smallest absolute Gasteiger partial charge is 0.435 e. The van der Waals surface area contributed by atoms with E-state index in [0.717, 1.165) is 36.3 Å². The number of nitrogens with one attached hydrogen (secondary N) is 1. The molecule has 0 aromatic heterocycles. The highest BCUT2D eigenvalue weighted by Gasteiger charge is 2.47. The molecule has 0 spiro atoms. The summed E-state index contributed by atoms with van der Waals surface area (Å²) in [5.41, 5.74) is 3.12. The zero-order valence-corrected chi connectivity index (χ0v) is 13.4. The number of rotatable bonds is 3. The summed E-state index contributed by atoms with van der Waals surface area (Å²) >= 11 is 0. The number of nitrogens with zero attached hydrogens (tertiary/aromatic N) is 1. The second-order valence-electron chi connectivity index (χ2n) is 6.05. The molecule has 120 valence electrons. The van der Waals surface area contributed by atoms with Crippen LogP contribution in [-0.2, 0) is 0 Å². The third-order valence-corrected chi connectivity index (χ3v) is 4.89. The number of hydrogen-bond donors (Lipinski definition) is 2. The standard InChI is InChI=1S/C19H22N2O2/c1-2-17-14-20-12-13-21(17,19(22)23)18-10-8-16(9-11-18)15-6-4-3-5-7-15/h3-11,17,20H,2,12-14H2,1H3/p+1. The van der Waals surface area contributed by atoms with Crippen LogP contribution in [0.1, 0.15) is 13.3 Å². The Morgan fingerprint density at radius 1 is 1.13 bits per heavy atom. The van der Waals surface area contributed by atoms with Gasteiger partial charge in [-0.1, -0.05) is 37.3 Å².